The lowest BCUT2D eigenvalue weighted by molar-refractivity contribution is 0.221. The average molecular weight is 607 g/mol. The van der Waals surface area contributed by atoms with Crippen molar-refractivity contribution in [2.75, 3.05) is 48.6 Å². The van der Waals surface area contributed by atoms with Crippen LogP contribution in [0.25, 0.3) is 11.1 Å². The van der Waals surface area contributed by atoms with Crippen LogP contribution >= 0.6 is 0 Å². The molecule has 6 bridgehead atoms. The summed E-state index contributed by atoms with van der Waals surface area (Å²) in [6.07, 6.45) is 2.94. The minimum Gasteiger partial charge on any atom is -0.507 e. The van der Waals surface area contributed by atoms with Crippen LogP contribution in [0, 0.1) is 0 Å². The molecule has 7 rings (SSSR count). The minimum absolute atomic E-state index is 0.0390. The fourth-order valence-electron chi connectivity index (χ4n) is 7.02. The highest BCUT2D eigenvalue weighted by Gasteiger charge is 2.34. The second-order valence-electron chi connectivity index (χ2n) is 11.9. The van der Waals surface area contributed by atoms with Crippen LogP contribution in [-0.4, -0.2) is 64.3 Å². The Morgan fingerprint density at radius 3 is 2.31 bits per heavy atom. The first-order valence-electron chi connectivity index (χ1n) is 15.3. The topological polar surface area (TPSA) is 82.0 Å². The predicted octanol–water partition coefficient (Wildman–Crippen LogP) is 6.56. The van der Waals surface area contributed by atoms with E-state index < -0.39 is 0 Å². The van der Waals surface area contributed by atoms with Gasteiger partial charge in [-0.05, 0) is 91.0 Å². The van der Waals surface area contributed by atoms with E-state index in [0.717, 1.165) is 64.0 Å². The number of phenolic OH excluding ortho intramolecular Hbond substituents is 1. The van der Waals surface area contributed by atoms with Gasteiger partial charge in [0, 0.05) is 53.5 Å². The van der Waals surface area contributed by atoms with Gasteiger partial charge in [0.05, 0.1) is 28.4 Å². The lowest BCUT2D eigenvalue weighted by atomic mass is 9.86. The van der Waals surface area contributed by atoms with Crippen LogP contribution in [0.5, 0.6) is 40.2 Å². The molecule has 0 spiro atoms. The molecule has 1 N–H and O–H groups in total. The highest BCUT2D eigenvalue weighted by Crippen LogP contribution is 2.51. The van der Waals surface area contributed by atoms with Crippen molar-refractivity contribution in [3.8, 4) is 51.4 Å². The number of phenols is 1. The van der Waals surface area contributed by atoms with E-state index in [1.807, 2.05) is 12.1 Å². The fraction of sp³-hybridized carbons (Fsp3) is 0.324. The van der Waals surface area contributed by atoms with Crippen molar-refractivity contribution < 1.29 is 28.8 Å². The summed E-state index contributed by atoms with van der Waals surface area (Å²) in [4.78, 5) is 7.34. The Bertz CT molecular complexity index is 1830. The van der Waals surface area contributed by atoms with Gasteiger partial charge in [0.15, 0.2) is 23.0 Å². The van der Waals surface area contributed by atoms with Crippen molar-refractivity contribution in [3.63, 3.8) is 0 Å². The first-order chi connectivity index (χ1) is 21.9. The van der Waals surface area contributed by atoms with Crippen molar-refractivity contribution in [3.05, 3.63) is 88.0 Å². The summed E-state index contributed by atoms with van der Waals surface area (Å²) in [5.74, 6) is 3.96. The standard InChI is InChI=1S/C37H38N2O6/c1-39-13-11-24-19-34(43-4)36(44-5)37-35(24)29(39)17-22-6-8-30(40)26(14-22)27-15-21(7-9-31(27)41-2)16-28-25-20-33(45-37)32(42-3)18-23(25)10-12-38-28/h6-9,14-15,18-20,29,40H,10-13,16-17H2,1-5H3/t29-/m0/s1. The van der Waals surface area contributed by atoms with E-state index >= 15 is 0 Å². The molecule has 3 aliphatic rings. The van der Waals surface area contributed by atoms with Gasteiger partial charge in [-0.2, -0.15) is 0 Å². The number of nitrogens with zero attached hydrogens (tertiary/aromatic N) is 2. The maximum Gasteiger partial charge on any atom is 0.204 e. The molecule has 0 saturated heterocycles. The van der Waals surface area contributed by atoms with E-state index in [1.54, 1.807) is 34.5 Å². The molecule has 4 aromatic rings. The summed E-state index contributed by atoms with van der Waals surface area (Å²) in [7, 11) is 8.78. The fourth-order valence-corrected chi connectivity index (χ4v) is 7.02. The van der Waals surface area contributed by atoms with E-state index in [1.165, 1.54) is 5.56 Å². The number of fused-ring (bicyclic) bond motifs is 6. The number of likely N-dealkylation sites (N-methyl/N-ethyl adjacent to an activating group) is 1. The molecule has 8 heteroatoms. The molecule has 0 aromatic heterocycles. The maximum absolute atomic E-state index is 11.1. The Morgan fingerprint density at radius 2 is 1.53 bits per heavy atom. The third-order valence-electron chi connectivity index (χ3n) is 9.36. The molecule has 0 fully saturated rings. The summed E-state index contributed by atoms with van der Waals surface area (Å²) >= 11 is 0. The SMILES string of the molecule is COc1cc2c3cc1Oc1c(OC)c(OC)cc4c1[C@H](Cc1ccc(O)c(c1)-c1cc(ccc1OC)CC3=NCC2)N(C)CC4. The van der Waals surface area contributed by atoms with E-state index in [4.69, 9.17) is 28.7 Å². The molecule has 1 atom stereocenters. The highest BCUT2D eigenvalue weighted by molar-refractivity contribution is 6.04. The molecule has 0 amide bonds. The summed E-state index contributed by atoms with van der Waals surface area (Å²) in [6.45, 7) is 1.57. The second-order valence-corrected chi connectivity index (χ2v) is 11.9. The number of hydrogen-bond donors (Lipinski definition) is 1. The van der Waals surface area contributed by atoms with Gasteiger partial charge in [0.25, 0.3) is 0 Å². The number of aromatic hydroxyl groups is 1. The Labute approximate surface area is 263 Å². The van der Waals surface area contributed by atoms with Crippen molar-refractivity contribution in [1.29, 1.82) is 0 Å². The average Bonchev–Trinajstić information content (AvgIpc) is 3.06. The van der Waals surface area contributed by atoms with Crippen LogP contribution in [0.4, 0.5) is 0 Å². The van der Waals surface area contributed by atoms with Crippen molar-refractivity contribution in [2.24, 2.45) is 4.99 Å². The van der Waals surface area contributed by atoms with E-state index in [9.17, 15) is 5.11 Å². The smallest absolute Gasteiger partial charge is 0.204 e. The van der Waals surface area contributed by atoms with Crippen LogP contribution in [0.1, 0.15) is 39.4 Å². The summed E-state index contributed by atoms with van der Waals surface area (Å²) in [6, 6.07) is 18.2. The zero-order valence-electron chi connectivity index (χ0n) is 26.4. The van der Waals surface area contributed by atoms with Gasteiger partial charge in [-0.3, -0.25) is 9.89 Å². The first-order valence-corrected chi connectivity index (χ1v) is 15.3. The van der Waals surface area contributed by atoms with E-state index in [-0.39, 0.29) is 11.8 Å². The van der Waals surface area contributed by atoms with Gasteiger partial charge in [0.1, 0.15) is 11.5 Å². The van der Waals surface area contributed by atoms with Gasteiger partial charge in [0.2, 0.25) is 5.75 Å². The monoisotopic (exact) mass is 606 g/mol. The van der Waals surface area contributed by atoms with Gasteiger partial charge in [-0.15, -0.1) is 0 Å². The number of aliphatic imine (C=N–C) groups is 1. The Hall–Kier alpha value is -4.69. The van der Waals surface area contributed by atoms with Crippen LogP contribution < -0.4 is 23.7 Å². The maximum atomic E-state index is 11.1. The largest absolute Gasteiger partial charge is 0.507 e. The predicted molar refractivity (Wildman–Crippen MR) is 174 cm³/mol. The van der Waals surface area contributed by atoms with Gasteiger partial charge >= 0.3 is 0 Å². The van der Waals surface area contributed by atoms with Crippen LogP contribution in [0.3, 0.4) is 0 Å². The molecule has 8 nitrogen and oxygen atoms in total. The van der Waals surface area contributed by atoms with Gasteiger partial charge in [-0.1, -0.05) is 12.1 Å². The number of rotatable bonds is 4. The molecule has 45 heavy (non-hydrogen) atoms. The summed E-state index contributed by atoms with van der Waals surface area (Å²) < 4.78 is 30.5. The van der Waals surface area contributed by atoms with Crippen LogP contribution in [0.2, 0.25) is 0 Å². The molecular weight excluding hydrogens is 568 g/mol. The molecule has 0 saturated carbocycles. The molecular formula is C37H38N2O6. The van der Waals surface area contributed by atoms with Crippen molar-refractivity contribution in [2.45, 2.75) is 31.7 Å². The highest BCUT2D eigenvalue weighted by atomic mass is 16.5. The molecule has 3 heterocycles. The van der Waals surface area contributed by atoms with Crippen LogP contribution in [0.15, 0.2) is 59.6 Å². The number of methoxy groups -OCH3 is 4. The molecule has 232 valence electrons. The van der Waals surface area contributed by atoms with E-state index in [2.05, 4.69) is 48.3 Å². The minimum atomic E-state index is -0.0390. The summed E-state index contributed by atoms with van der Waals surface area (Å²) in [5.41, 5.74) is 9.12. The lowest BCUT2D eigenvalue weighted by Gasteiger charge is -2.37. The molecule has 4 aromatic carbocycles. The normalized spacial score (nSPS) is 17.0. The molecule has 0 unspecified atom stereocenters. The van der Waals surface area contributed by atoms with Crippen molar-refractivity contribution >= 4 is 5.71 Å². The number of hydrogen-bond acceptors (Lipinski definition) is 8. The third kappa shape index (κ3) is 5.03. The van der Waals surface area contributed by atoms with Crippen LogP contribution in [-0.2, 0) is 25.7 Å². The quantitative estimate of drug-likeness (QED) is 0.282. The zero-order chi connectivity index (χ0) is 31.2. The Kier molecular flexibility index (Phi) is 7.53. The Morgan fingerprint density at radius 1 is 0.778 bits per heavy atom. The number of benzene rings is 4. The van der Waals surface area contributed by atoms with E-state index in [0.29, 0.717) is 53.9 Å². The first kappa shape index (κ1) is 29.0. The zero-order valence-corrected chi connectivity index (χ0v) is 26.4. The number of ether oxygens (including phenoxy) is 5. The van der Waals surface area contributed by atoms with Crippen molar-refractivity contribution in [1.82, 2.24) is 4.90 Å². The molecule has 0 radical (unpaired) electrons. The van der Waals surface area contributed by atoms with Gasteiger partial charge < -0.3 is 28.8 Å². The molecule has 3 aliphatic heterocycles. The second kappa shape index (κ2) is 11.7. The Balaban J connectivity index is 1.52. The third-order valence-corrected chi connectivity index (χ3v) is 9.36. The lowest BCUT2D eigenvalue weighted by Crippen LogP contribution is -2.34. The molecule has 0 aliphatic carbocycles. The van der Waals surface area contributed by atoms with Gasteiger partial charge in [-0.25, -0.2) is 0 Å². The summed E-state index contributed by atoms with van der Waals surface area (Å²) in [5, 5.41) is 11.1.